The maximum Gasteiger partial charge on any atom is 0.321 e. The van der Waals surface area contributed by atoms with E-state index in [0.29, 0.717) is 19.4 Å². The number of nitrogens with one attached hydrogen (secondary N) is 1. The third kappa shape index (κ3) is 2.50. The number of methoxy groups -OCH3 is 1. The molecule has 18 heavy (non-hydrogen) atoms. The molecule has 1 N–H and O–H groups in total. The molecule has 0 bridgehead atoms. The highest BCUT2D eigenvalue weighted by molar-refractivity contribution is 6.05. The van der Waals surface area contributed by atoms with Crippen molar-refractivity contribution < 1.29 is 14.3 Å². The highest BCUT2D eigenvalue weighted by Gasteiger charge is 2.57. The van der Waals surface area contributed by atoms with E-state index in [1.807, 2.05) is 12.1 Å². The lowest BCUT2D eigenvalue weighted by Gasteiger charge is -2.12. The Morgan fingerprint density at radius 3 is 2.61 bits per heavy atom. The fourth-order valence-corrected chi connectivity index (χ4v) is 1.88. The van der Waals surface area contributed by atoms with Gasteiger partial charge in [0.15, 0.2) is 0 Å². The smallest absolute Gasteiger partial charge is 0.321 e. The van der Waals surface area contributed by atoms with Gasteiger partial charge >= 0.3 is 5.97 Å². The monoisotopic (exact) mass is 248 g/mol. The molecule has 5 nitrogen and oxygen atoms in total. The highest BCUT2D eigenvalue weighted by Crippen LogP contribution is 2.46. The van der Waals surface area contributed by atoms with Gasteiger partial charge < -0.3 is 10.1 Å². The predicted molar refractivity (Wildman–Crippen MR) is 64.6 cm³/mol. The van der Waals surface area contributed by atoms with Crippen molar-refractivity contribution in [2.75, 3.05) is 13.7 Å². The van der Waals surface area contributed by atoms with Gasteiger partial charge in [0.2, 0.25) is 5.91 Å². The molecule has 0 unspecified atom stereocenters. The summed E-state index contributed by atoms with van der Waals surface area (Å²) in [6.45, 7) is 0.515. The number of nitrogens with zero attached hydrogens (tertiary/aromatic N) is 1. The Balaban J connectivity index is 1.81. The standard InChI is InChI=1S/C13H16N2O3/c1-18-12(17)13(5-6-13)11(16)15-9-4-10-2-7-14-8-3-10/h2-3,7-8H,4-6,9H2,1H3,(H,15,16). The molecule has 0 aromatic carbocycles. The van der Waals surface area contributed by atoms with E-state index in [9.17, 15) is 9.59 Å². The number of carbonyl (C=O) groups excluding carboxylic acids is 2. The minimum atomic E-state index is -0.910. The first-order valence-corrected chi connectivity index (χ1v) is 5.95. The Kier molecular flexibility index (Phi) is 3.60. The predicted octanol–water partition coefficient (Wildman–Crippen LogP) is 0.693. The van der Waals surface area contributed by atoms with Crippen molar-refractivity contribution in [1.82, 2.24) is 10.3 Å². The quantitative estimate of drug-likeness (QED) is 0.615. The van der Waals surface area contributed by atoms with Crippen molar-refractivity contribution in [3.8, 4) is 0 Å². The van der Waals surface area contributed by atoms with Crippen molar-refractivity contribution >= 4 is 11.9 Å². The zero-order valence-electron chi connectivity index (χ0n) is 10.3. The minimum Gasteiger partial charge on any atom is -0.468 e. The molecule has 1 aromatic heterocycles. The van der Waals surface area contributed by atoms with Gasteiger partial charge in [-0.2, -0.15) is 0 Å². The van der Waals surface area contributed by atoms with Crippen LogP contribution >= 0.6 is 0 Å². The first-order valence-electron chi connectivity index (χ1n) is 5.95. The first kappa shape index (κ1) is 12.5. The number of ether oxygens (including phenoxy) is 1. The summed E-state index contributed by atoms with van der Waals surface area (Å²) in [6, 6.07) is 3.80. The van der Waals surface area contributed by atoms with Crippen LogP contribution in [0.2, 0.25) is 0 Å². The molecule has 1 aromatic rings. The molecule has 1 aliphatic rings. The second kappa shape index (κ2) is 5.16. The average Bonchev–Trinajstić information content (AvgIpc) is 3.20. The molecule has 0 saturated heterocycles. The molecule has 0 aliphatic heterocycles. The molecular formula is C13H16N2O3. The number of esters is 1. The largest absolute Gasteiger partial charge is 0.468 e. The average molecular weight is 248 g/mol. The number of hydrogen-bond donors (Lipinski definition) is 1. The van der Waals surface area contributed by atoms with E-state index < -0.39 is 11.4 Å². The van der Waals surface area contributed by atoms with Gasteiger partial charge in [-0.3, -0.25) is 14.6 Å². The molecule has 2 rings (SSSR count). The van der Waals surface area contributed by atoms with Crippen LogP contribution < -0.4 is 5.32 Å². The molecule has 0 radical (unpaired) electrons. The van der Waals surface area contributed by atoms with Crippen LogP contribution in [0.15, 0.2) is 24.5 Å². The zero-order chi connectivity index (χ0) is 13.0. The zero-order valence-corrected chi connectivity index (χ0v) is 10.3. The van der Waals surface area contributed by atoms with Gasteiger partial charge in [0.1, 0.15) is 5.41 Å². The molecule has 0 atom stereocenters. The maximum atomic E-state index is 11.9. The number of carbonyl (C=O) groups is 2. The Morgan fingerprint density at radius 2 is 2.06 bits per heavy atom. The van der Waals surface area contributed by atoms with Crippen molar-refractivity contribution in [2.45, 2.75) is 19.3 Å². The molecule has 96 valence electrons. The van der Waals surface area contributed by atoms with Crippen molar-refractivity contribution in [3.63, 3.8) is 0 Å². The molecule has 1 heterocycles. The highest BCUT2D eigenvalue weighted by atomic mass is 16.5. The number of amides is 1. The van der Waals surface area contributed by atoms with Crippen LogP contribution in [0.1, 0.15) is 18.4 Å². The van der Waals surface area contributed by atoms with Crippen LogP contribution in [0, 0.1) is 5.41 Å². The summed E-state index contributed by atoms with van der Waals surface area (Å²) < 4.78 is 4.66. The molecule has 1 saturated carbocycles. The van der Waals surface area contributed by atoms with E-state index in [2.05, 4.69) is 15.0 Å². The summed E-state index contributed by atoms with van der Waals surface area (Å²) in [4.78, 5) is 27.3. The minimum absolute atomic E-state index is 0.219. The lowest BCUT2D eigenvalue weighted by atomic mass is 10.1. The van der Waals surface area contributed by atoms with Crippen LogP contribution in [0.3, 0.4) is 0 Å². The van der Waals surface area contributed by atoms with E-state index in [-0.39, 0.29) is 5.91 Å². The second-order valence-corrected chi connectivity index (χ2v) is 4.44. The van der Waals surface area contributed by atoms with E-state index in [1.54, 1.807) is 12.4 Å². The van der Waals surface area contributed by atoms with Crippen molar-refractivity contribution in [2.24, 2.45) is 5.41 Å². The Labute approximate surface area is 106 Å². The van der Waals surface area contributed by atoms with Gasteiger partial charge in [-0.25, -0.2) is 0 Å². The van der Waals surface area contributed by atoms with E-state index in [1.165, 1.54) is 7.11 Å². The van der Waals surface area contributed by atoms with Crippen LogP contribution in [0.5, 0.6) is 0 Å². The van der Waals surface area contributed by atoms with Crippen LogP contribution in [0.4, 0.5) is 0 Å². The molecule has 0 spiro atoms. The third-order valence-electron chi connectivity index (χ3n) is 3.21. The van der Waals surface area contributed by atoms with Crippen molar-refractivity contribution in [1.29, 1.82) is 0 Å². The number of aromatic nitrogens is 1. The molecule has 1 aliphatic carbocycles. The van der Waals surface area contributed by atoms with Gasteiger partial charge in [0.05, 0.1) is 7.11 Å². The summed E-state index contributed by atoms with van der Waals surface area (Å²) in [5.74, 6) is -0.646. The van der Waals surface area contributed by atoms with E-state index in [4.69, 9.17) is 0 Å². The van der Waals surface area contributed by atoms with Gasteiger partial charge in [0, 0.05) is 18.9 Å². The van der Waals surface area contributed by atoms with Crippen LogP contribution in [0.25, 0.3) is 0 Å². The molecular weight excluding hydrogens is 232 g/mol. The topological polar surface area (TPSA) is 68.3 Å². The fourth-order valence-electron chi connectivity index (χ4n) is 1.88. The van der Waals surface area contributed by atoms with Crippen molar-refractivity contribution in [3.05, 3.63) is 30.1 Å². The number of rotatable bonds is 5. The van der Waals surface area contributed by atoms with Gasteiger partial charge in [0.25, 0.3) is 0 Å². The fraction of sp³-hybridized carbons (Fsp3) is 0.462. The third-order valence-corrected chi connectivity index (χ3v) is 3.21. The SMILES string of the molecule is COC(=O)C1(C(=O)NCCc2ccncc2)CC1. The Hall–Kier alpha value is -1.91. The maximum absolute atomic E-state index is 11.9. The molecule has 1 fully saturated rings. The van der Waals surface area contributed by atoms with Crippen LogP contribution in [-0.2, 0) is 20.7 Å². The summed E-state index contributed by atoms with van der Waals surface area (Å²) in [5.41, 5.74) is 0.195. The molecule has 5 heteroatoms. The number of pyridine rings is 1. The van der Waals surface area contributed by atoms with Crippen LogP contribution in [-0.4, -0.2) is 30.5 Å². The Bertz CT molecular complexity index is 441. The first-order chi connectivity index (χ1) is 8.69. The normalized spacial score (nSPS) is 15.8. The Morgan fingerprint density at radius 1 is 1.39 bits per heavy atom. The molecule has 1 amide bonds. The summed E-state index contributed by atoms with van der Waals surface area (Å²) >= 11 is 0. The van der Waals surface area contributed by atoms with E-state index >= 15 is 0 Å². The lowest BCUT2D eigenvalue weighted by molar-refractivity contribution is -0.152. The number of hydrogen-bond acceptors (Lipinski definition) is 4. The lowest BCUT2D eigenvalue weighted by Crippen LogP contribution is -2.38. The van der Waals surface area contributed by atoms with E-state index in [0.717, 1.165) is 12.0 Å². The summed E-state index contributed by atoms with van der Waals surface area (Å²) in [5, 5.41) is 2.79. The summed E-state index contributed by atoms with van der Waals surface area (Å²) in [7, 11) is 1.31. The van der Waals surface area contributed by atoms with Gasteiger partial charge in [-0.1, -0.05) is 0 Å². The summed E-state index contributed by atoms with van der Waals surface area (Å²) in [6.07, 6.45) is 5.33. The second-order valence-electron chi connectivity index (χ2n) is 4.44. The van der Waals surface area contributed by atoms with Gasteiger partial charge in [-0.05, 0) is 37.0 Å². The van der Waals surface area contributed by atoms with Gasteiger partial charge in [-0.15, -0.1) is 0 Å².